The maximum atomic E-state index is 6.48. The topological polar surface area (TPSA) is 43.3 Å². The van der Waals surface area contributed by atoms with Gasteiger partial charge in [0.05, 0.1) is 11.8 Å². The Morgan fingerprint density at radius 2 is 1.66 bits per heavy atom. The van der Waals surface area contributed by atoms with Gasteiger partial charge in [-0.1, -0.05) is 56.3 Å². The van der Waals surface area contributed by atoms with Crippen molar-refractivity contribution in [3.63, 3.8) is 0 Å². The van der Waals surface area contributed by atoms with Gasteiger partial charge in [-0.05, 0) is 35.7 Å². The highest BCUT2D eigenvalue weighted by Gasteiger charge is 2.41. The van der Waals surface area contributed by atoms with Crippen LogP contribution in [0.4, 0.5) is 0 Å². The lowest BCUT2D eigenvalue weighted by molar-refractivity contribution is -0.0190. The molecule has 162 valence electrons. The average molecular weight is 427 g/mol. The number of para-hydroxylation sites is 1. The minimum Gasteiger partial charge on any atom is -0.486 e. The predicted molar refractivity (Wildman–Crippen MR) is 124 cm³/mol. The van der Waals surface area contributed by atoms with E-state index in [-0.39, 0.29) is 12.3 Å². The van der Waals surface area contributed by atoms with Crippen LogP contribution in [-0.2, 0) is 0 Å². The molecule has 3 aliphatic rings. The fraction of sp³-hybridized carbons (Fsp3) is 0.296. The van der Waals surface area contributed by atoms with Crippen molar-refractivity contribution in [3.8, 4) is 17.2 Å². The maximum absolute atomic E-state index is 6.48. The Bertz CT molecular complexity index is 1190. The summed E-state index contributed by atoms with van der Waals surface area (Å²) in [5.74, 6) is 3.02. The van der Waals surface area contributed by atoms with Gasteiger partial charge in [-0.3, -0.25) is 0 Å². The number of benzene rings is 3. The number of fused-ring (bicyclic) bond motifs is 4. The maximum Gasteiger partial charge on any atom is 0.213 e. The van der Waals surface area contributed by atoms with Crippen LogP contribution in [0.1, 0.15) is 60.7 Å². The van der Waals surface area contributed by atoms with Gasteiger partial charge in [0.15, 0.2) is 11.5 Å². The van der Waals surface area contributed by atoms with Crippen molar-refractivity contribution >= 4 is 5.71 Å². The van der Waals surface area contributed by atoms with E-state index in [1.165, 1.54) is 11.1 Å². The molecule has 0 unspecified atom stereocenters. The Labute approximate surface area is 188 Å². The van der Waals surface area contributed by atoms with Gasteiger partial charge in [0.25, 0.3) is 0 Å². The Balaban J connectivity index is 1.39. The molecule has 5 heteroatoms. The first-order valence-electron chi connectivity index (χ1n) is 11.3. The summed E-state index contributed by atoms with van der Waals surface area (Å²) in [5.41, 5.74) is 5.72. The standard InChI is InChI=1S/C27H26N2O3/c1-17(2)18-7-9-19(10-8-18)27-29-23(21-5-3-4-6-24(21)32-27)16-22(28-29)20-11-12-25-26(15-20)31-14-13-30-25/h3-12,15,17,23,27H,13-14,16H2,1-2H3/t23-,27-/m1/s1. The lowest BCUT2D eigenvalue weighted by Crippen LogP contribution is -2.33. The molecule has 0 radical (unpaired) electrons. The fourth-order valence-corrected chi connectivity index (χ4v) is 4.70. The Kier molecular flexibility index (Phi) is 4.56. The van der Waals surface area contributed by atoms with E-state index >= 15 is 0 Å². The Hall–Kier alpha value is -3.47. The van der Waals surface area contributed by atoms with Crippen LogP contribution in [0.15, 0.2) is 71.8 Å². The summed E-state index contributed by atoms with van der Waals surface area (Å²) in [5, 5.41) is 7.20. The van der Waals surface area contributed by atoms with Gasteiger partial charge in [-0.25, -0.2) is 5.01 Å². The molecule has 2 atom stereocenters. The zero-order valence-electron chi connectivity index (χ0n) is 18.3. The minimum atomic E-state index is -0.258. The van der Waals surface area contributed by atoms with E-state index < -0.39 is 0 Å². The second-order valence-electron chi connectivity index (χ2n) is 8.83. The molecule has 5 nitrogen and oxygen atoms in total. The molecule has 3 aliphatic heterocycles. The van der Waals surface area contributed by atoms with Crippen LogP contribution in [0, 0.1) is 0 Å². The molecular weight excluding hydrogens is 400 g/mol. The van der Waals surface area contributed by atoms with E-state index in [1.807, 2.05) is 18.2 Å². The monoisotopic (exact) mass is 426 g/mol. The third-order valence-corrected chi connectivity index (χ3v) is 6.46. The highest BCUT2D eigenvalue weighted by atomic mass is 16.6. The van der Waals surface area contributed by atoms with Gasteiger partial charge in [0.2, 0.25) is 6.23 Å². The lowest BCUT2D eigenvalue weighted by Gasteiger charge is -2.38. The minimum absolute atomic E-state index is 0.137. The number of hydrogen-bond acceptors (Lipinski definition) is 5. The number of nitrogens with zero attached hydrogens (tertiary/aromatic N) is 2. The molecule has 6 rings (SSSR count). The molecule has 0 saturated carbocycles. The molecule has 0 aliphatic carbocycles. The van der Waals surface area contributed by atoms with Crippen LogP contribution in [0.2, 0.25) is 0 Å². The first-order chi connectivity index (χ1) is 15.7. The summed E-state index contributed by atoms with van der Waals surface area (Å²) in [6.07, 6.45) is 0.562. The number of hydrazone groups is 1. The van der Waals surface area contributed by atoms with Crippen LogP contribution in [0.5, 0.6) is 17.2 Å². The molecule has 32 heavy (non-hydrogen) atoms. The van der Waals surface area contributed by atoms with Gasteiger partial charge >= 0.3 is 0 Å². The summed E-state index contributed by atoms with van der Waals surface area (Å²) in [6.45, 7) is 5.59. The second-order valence-corrected chi connectivity index (χ2v) is 8.83. The van der Waals surface area contributed by atoms with Gasteiger partial charge in [0.1, 0.15) is 19.0 Å². The van der Waals surface area contributed by atoms with Crippen molar-refractivity contribution in [1.29, 1.82) is 0 Å². The first kappa shape index (κ1) is 19.2. The average Bonchev–Trinajstić information content (AvgIpc) is 3.29. The Morgan fingerprint density at radius 3 is 2.47 bits per heavy atom. The molecule has 3 heterocycles. The summed E-state index contributed by atoms with van der Waals surface area (Å²) < 4.78 is 18.0. The van der Waals surface area contributed by atoms with Crippen molar-refractivity contribution in [2.45, 2.75) is 38.5 Å². The SMILES string of the molecule is CC(C)c1ccc([C@H]2Oc3ccccc3[C@H]3CC(c4ccc5c(c4)OCCO5)=NN32)cc1. The van der Waals surface area contributed by atoms with Gasteiger partial charge < -0.3 is 14.2 Å². The second kappa shape index (κ2) is 7.59. The molecule has 3 aromatic carbocycles. The van der Waals surface area contributed by atoms with Crippen LogP contribution in [-0.4, -0.2) is 23.9 Å². The summed E-state index contributed by atoms with van der Waals surface area (Å²) in [6, 6.07) is 23.3. The third kappa shape index (κ3) is 3.20. The third-order valence-electron chi connectivity index (χ3n) is 6.46. The van der Waals surface area contributed by atoms with Crippen LogP contribution in [0.25, 0.3) is 0 Å². The normalized spacial score (nSPS) is 21.0. The van der Waals surface area contributed by atoms with Crippen LogP contribution >= 0.6 is 0 Å². The zero-order valence-corrected chi connectivity index (χ0v) is 18.3. The van der Waals surface area contributed by atoms with E-state index in [2.05, 4.69) is 67.4 Å². The molecule has 0 bridgehead atoms. The van der Waals surface area contributed by atoms with Crippen LogP contribution in [0.3, 0.4) is 0 Å². The Morgan fingerprint density at radius 1 is 0.875 bits per heavy atom. The van der Waals surface area contributed by atoms with Crippen LogP contribution < -0.4 is 14.2 Å². The smallest absolute Gasteiger partial charge is 0.213 e. The summed E-state index contributed by atoms with van der Waals surface area (Å²) >= 11 is 0. The van der Waals surface area contributed by atoms with E-state index in [9.17, 15) is 0 Å². The molecule has 0 aromatic heterocycles. The molecular formula is C27H26N2O3. The quantitative estimate of drug-likeness (QED) is 0.529. The molecule has 3 aromatic rings. The molecule has 0 spiro atoms. The summed E-state index contributed by atoms with van der Waals surface area (Å²) in [4.78, 5) is 0. The van der Waals surface area contributed by atoms with Crippen molar-refractivity contribution < 1.29 is 14.2 Å². The van der Waals surface area contributed by atoms with Gasteiger partial charge in [-0.15, -0.1) is 0 Å². The molecule has 0 fully saturated rings. The van der Waals surface area contributed by atoms with Gasteiger partial charge in [-0.2, -0.15) is 5.10 Å². The highest BCUT2D eigenvalue weighted by Crippen LogP contribution is 2.47. The fourth-order valence-electron chi connectivity index (χ4n) is 4.70. The predicted octanol–water partition coefficient (Wildman–Crippen LogP) is 5.82. The highest BCUT2D eigenvalue weighted by molar-refractivity contribution is 6.02. The van der Waals surface area contributed by atoms with Crippen molar-refractivity contribution in [2.24, 2.45) is 5.10 Å². The van der Waals surface area contributed by atoms with E-state index in [4.69, 9.17) is 19.3 Å². The van der Waals surface area contributed by atoms with Crippen molar-refractivity contribution in [2.75, 3.05) is 13.2 Å². The van der Waals surface area contributed by atoms with E-state index in [0.717, 1.165) is 40.5 Å². The van der Waals surface area contributed by atoms with Crippen molar-refractivity contribution in [1.82, 2.24) is 5.01 Å². The van der Waals surface area contributed by atoms with E-state index in [0.29, 0.717) is 19.1 Å². The van der Waals surface area contributed by atoms with E-state index in [1.54, 1.807) is 0 Å². The first-order valence-corrected chi connectivity index (χ1v) is 11.3. The molecule has 0 N–H and O–H groups in total. The number of rotatable bonds is 3. The number of hydrogen-bond donors (Lipinski definition) is 0. The van der Waals surface area contributed by atoms with Crippen molar-refractivity contribution in [3.05, 3.63) is 89.0 Å². The summed E-state index contributed by atoms with van der Waals surface area (Å²) in [7, 11) is 0. The lowest BCUT2D eigenvalue weighted by atomic mass is 9.95. The number of ether oxygens (including phenoxy) is 3. The zero-order chi connectivity index (χ0) is 21.7. The van der Waals surface area contributed by atoms with Gasteiger partial charge in [0, 0.05) is 23.1 Å². The molecule has 0 amide bonds. The largest absolute Gasteiger partial charge is 0.486 e. The molecule has 0 saturated heterocycles.